The first-order chi connectivity index (χ1) is 7.68. The molecular formula is C10H8N4O2. The van der Waals surface area contributed by atoms with E-state index in [1.165, 1.54) is 6.20 Å². The van der Waals surface area contributed by atoms with Gasteiger partial charge in [-0.25, -0.2) is 14.8 Å². The fourth-order valence-corrected chi connectivity index (χ4v) is 1.21. The Balaban J connectivity index is 2.52. The lowest BCUT2D eigenvalue weighted by molar-refractivity contribution is 0.0691. The number of nitrogens with two attached hydrogens (primary N) is 1. The second-order valence-corrected chi connectivity index (χ2v) is 3.04. The summed E-state index contributed by atoms with van der Waals surface area (Å²) >= 11 is 0. The molecule has 0 bridgehead atoms. The van der Waals surface area contributed by atoms with Crippen molar-refractivity contribution >= 4 is 11.8 Å². The molecule has 16 heavy (non-hydrogen) atoms. The van der Waals surface area contributed by atoms with E-state index in [1.54, 1.807) is 24.5 Å². The topological polar surface area (TPSA) is 102 Å². The number of anilines is 1. The molecule has 0 radical (unpaired) electrons. The highest BCUT2D eigenvalue weighted by Gasteiger charge is 2.12. The lowest BCUT2D eigenvalue weighted by atomic mass is 10.2. The van der Waals surface area contributed by atoms with Gasteiger partial charge in [0.05, 0.1) is 11.9 Å². The largest absolute Gasteiger partial charge is 0.476 e. The van der Waals surface area contributed by atoms with Crippen LogP contribution in [0.2, 0.25) is 0 Å². The number of hydrogen-bond acceptors (Lipinski definition) is 5. The monoisotopic (exact) mass is 216 g/mol. The SMILES string of the molecule is Nc1ncc(-c2cccnc2)nc1C(=O)O. The van der Waals surface area contributed by atoms with Crippen molar-refractivity contribution < 1.29 is 9.90 Å². The summed E-state index contributed by atoms with van der Waals surface area (Å²) in [5, 5.41) is 8.84. The van der Waals surface area contributed by atoms with Crippen molar-refractivity contribution in [3.05, 3.63) is 36.4 Å². The Morgan fingerprint density at radius 1 is 1.38 bits per heavy atom. The van der Waals surface area contributed by atoms with Crippen LogP contribution in [-0.2, 0) is 0 Å². The number of nitrogens with zero attached hydrogens (tertiary/aromatic N) is 3. The zero-order chi connectivity index (χ0) is 11.5. The number of carboxylic acid groups (broad SMARTS) is 1. The first-order valence-electron chi connectivity index (χ1n) is 4.44. The quantitative estimate of drug-likeness (QED) is 0.770. The smallest absolute Gasteiger partial charge is 0.358 e. The molecule has 0 saturated heterocycles. The van der Waals surface area contributed by atoms with Gasteiger partial charge in [0.15, 0.2) is 11.5 Å². The first kappa shape index (κ1) is 10.0. The van der Waals surface area contributed by atoms with Gasteiger partial charge in [0, 0.05) is 18.0 Å². The Labute approximate surface area is 90.8 Å². The van der Waals surface area contributed by atoms with Gasteiger partial charge < -0.3 is 10.8 Å². The third kappa shape index (κ3) is 1.81. The lowest BCUT2D eigenvalue weighted by Crippen LogP contribution is -2.08. The fraction of sp³-hybridized carbons (Fsp3) is 0. The van der Waals surface area contributed by atoms with Crippen LogP contribution < -0.4 is 5.73 Å². The molecule has 3 N–H and O–H groups in total. The Bertz CT molecular complexity index is 528. The first-order valence-corrected chi connectivity index (χ1v) is 4.44. The summed E-state index contributed by atoms with van der Waals surface area (Å²) in [5.74, 6) is -1.30. The Hall–Kier alpha value is -2.50. The second kappa shape index (κ2) is 3.93. The number of hydrogen-bond donors (Lipinski definition) is 2. The van der Waals surface area contributed by atoms with E-state index in [0.717, 1.165) is 0 Å². The molecule has 0 saturated carbocycles. The second-order valence-electron chi connectivity index (χ2n) is 3.04. The van der Waals surface area contributed by atoms with Crippen molar-refractivity contribution in [2.24, 2.45) is 0 Å². The van der Waals surface area contributed by atoms with Crippen LogP contribution in [0.15, 0.2) is 30.7 Å². The molecule has 0 atom stereocenters. The van der Waals surface area contributed by atoms with Crippen LogP contribution in [0.5, 0.6) is 0 Å². The van der Waals surface area contributed by atoms with Crippen LogP contribution in [0.3, 0.4) is 0 Å². The van der Waals surface area contributed by atoms with Crippen molar-refractivity contribution in [2.75, 3.05) is 5.73 Å². The van der Waals surface area contributed by atoms with Crippen molar-refractivity contribution in [1.29, 1.82) is 0 Å². The molecule has 2 aromatic heterocycles. The molecule has 0 unspecified atom stereocenters. The van der Waals surface area contributed by atoms with Gasteiger partial charge in [0.1, 0.15) is 0 Å². The average molecular weight is 216 g/mol. The minimum atomic E-state index is -1.20. The normalized spacial score (nSPS) is 10.0. The summed E-state index contributed by atoms with van der Waals surface area (Å²) < 4.78 is 0. The average Bonchev–Trinajstić information content (AvgIpc) is 2.30. The number of pyridine rings is 1. The van der Waals surface area contributed by atoms with Crippen LogP contribution >= 0.6 is 0 Å². The number of carboxylic acids is 1. The zero-order valence-corrected chi connectivity index (χ0v) is 8.16. The van der Waals surface area contributed by atoms with E-state index < -0.39 is 5.97 Å². The summed E-state index contributed by atoms with van der Waals surface area (Å²) in [4.78, 5) is 22.4. The predicted molar refractivity (Wildman–Crippen MR) is 56.6 cm³/mol. The molecule has 0 spiro atoms. The number of aromatic carboxylic acids is 1. The molecular weight excluding hydrogens is 208 g/mol. The number of rotatable bonds is 2. The molecule has 6 heteroatoms. The lowest BCUT2D eigenvalue weighted by Gasteiger charge is -2.02. The molecule has 6 nitrogen and oxygen atoms in total. The molecule has 0 aromatic carbocycles. The standard InChI is InChI=1S/C10H8N4O2/c11-9-8(10(15)16)14-7(5-13-9)6-2-1-3-12-4-6/h1-5H,(H2,11,13)(H,15,16). The van der Waals surface area contributed by atoms with Crippen LogP contribution in [0.4, 0.5) is 5.82 Å². The maximum absolute atomic E-state index is 10.8. The summed E-state index contributed by atoms with van der Waals surface area (Å²) in [7, 11) is 0. The van der Waals surface area contributed by atoms with Gasteiger partial charge in [-0.15, -0.1) is 0 Å². The highest BCUT2D eigenvalue weighted by Crippen LogP contribution is 2.16. The summed E-state index contributed by atoms with van der Waals surface area (Å²) in [6.45, 7) is 0. The van der Waals surface area contributed by atoms with E-state index in [4.69, 9.17) is 10.8 Å². The number of carbonyl (C=O) groups is 1. The van der Waals surface area contributed by atoms with Crippen LogP contribution in [0.25, 0.3) is 11.3 Å². The highest BCUT2D eigenvalue weighted by atomic mass is 16.4. The molecule has 2 heterocycles. The summed E-state index contributed by atoms with van der Waals surface area (Å²) in [6, 6.07) is 3.49. The molecule has 0 aliphatic carbocycles. The third-order valence-electron chi connectivity index (χ3n) is 1.96. The van der Waals surface area contributed by atoms with E-state index in [2.05, 4.69) is 15.0 Å². The van der Waals surface area contributed by atoms with Gasteiger partial charge in [-0.3, -0.25) is 4.98 Å². The van der Waals surface area contributed by atoms with E-state index in [9.17, 15) is 4.79 Å². The highest BCUT2D eigenvalue weighted by molar-refractivity contribution is 5.90. The molecule has 0 aliphatic rings. The van der Waals surface area contributed by atoms with E-state index >= 15 is 0 Å². The molecule has 2 rings (SSSR count). The summed E-state index contributed by atoms with van der Waals surface area (Å²) in [5.41, 5.74) is 6.27. The maximum Gasteiger partial charge on any atom is 0.358 e. The van der Waals surface area contributed by atoms with Gasteiger partial charge in [-0.2, -0.15) is 0 Å². The van der Waals surface area contributed by atoms with E-state index in [-0.39, 0.29) is 11.5 Å². The van der Waals surface area contributed by atoms with Crippen LogP contribution in [0, 0.1) is 0 Å². The Morgan fingerprint density at radius 2 is 2.19 bits per heavy atom. The fourth-order valence-electron chi connectivity index (χ4n) is 1.21. The number of aromatic nitrogens is 3. The van der Waals surface area contributed by atoms with Crippen molar-refractivity contribution in [3.63, 3.8) is 0 Å². The van der Waals surface area contributed by atoms with Crippen molar-refractivity contribution in [1.82, 2.24) is 15.0 Å². The summed E-state index contributed by atoms with van der Waals surface area (Å²) in [6.07, 6.45) is 4.61. The van der Waals surface area contributed by atoms with Gasteiger partial charge >= 0.3 is 5.97 Å². The zero-order valence-electron chi connectivity index (χ0n) is 8.16. The van der Waals surface area contributed by atoms with E-state index in [1.807, 2.05) is 0 Å². The van der Waals surface area contributed by atoms with Crippen molar-refractivity contribution in [3.8, 4) is 11.3 Å². The minimum Gasteiger partial charge on any atom is -0.476 e. The third-order valence-corrected chi connectivity index (χ3v) is 1.96. The van der Waals surface area contributed by atoms with Crippen LogP contribution in [-0.4, -0.2) is 26.0 Å². The van der Waals surface area contributed by atoms with Gasteiger partial charge in [0.2, 0.25) is 0 Å². The number of nitrogen functional groups attached to an aromatic ring is 1. The molecule has 0 amide bonds. The Kier molecular flexibility index (Phi) is 2.47. The predicted octanol–water partition coefficient (Wildman–Crippen LogP) is 0.819. The van der Waals surface area contributed by atoms with Crippen LogP contribution in [0.1, 0.15) is 10.5 Å². The van der Waals surface area contributed by atoms with Gasteiger partial charge in [-0.1, -0.05) is 0 Å². The minimum absolute atomic E-state index is 0.0971. The molecule has 0 aliphatic heterocycles. The molecule has 0 fully saturated rings. The van der Waals surface area contributed by atoms with Gasteiger partial charge in [-0.05, 0) is 12.1 Å². The molecule has 2 aromatic rings. The maximum atomic E-state index is 10.8. The Morgan fingerprint density at radius 3 is 2.81 bits per heavy atom. The van der Waals surface area contributed by atoms with Crippen molar-refractivity contribution in [2.45, 2.75) is 0 Å². The van der Waals surface area contributed by atoms with E-state index in [0.29, 0.717) is 11.3 Å². The van der Waals surface area contributed by atoms with Gasteiger partial charge in [0.25, 0.3) is 0 Å². The molecule has 80 valence electrons.